The molecule has 2 atom stereocenters. The normalized spacial score (nSPS) is 36.9. The number of fused-ring (bicyclic) bond motifs is 2. The molecule has 3 rings (SSSR count). The number of rotatable bonds is 2. The number of carbonyl (C=O) groups excluding carboxylic acids is 1. The van der Waals surface area contributed by atoms with E-state index in [1.807, 2.05) is 0 Å². The Morgan fingerprint density at radius 3 is 2.19 bits per heavy atom. The van der Waals surface area contributed by atoms with Gasteiger partial charge in [-0.25, -0.2) is 0 Å². The summed E-state index contributed by atoms with van der Waals surface area (Å²) in [5.74, 6) is 1.46. The third kappa shape index (κ3) is 2.04. The first-order valence-corrected chi connectivity index (χ1v) is 7.10. The van der Waals surface area contributed by atoms with E-state index in [1.165, 1.54) is 51.5 Å². The third-order valence-corrected chi connectivity index (χ3v) is 4.89. The largest absolute Gasteiger partial charge is 0.300 e. The molecule has 0 aromatic heterocycles. The van der Waals surface area contributed by atoms with E-state index in [9.17, 15) is 4.79 Å². The first kappa shape index (κ1) is 10.8. The monoisotopic (exact) mass is 221 g/mol. The fourth-order valence-electron chi connectivity index (χ4n) is 4.03. The second-order valence-electron chi connectivity index (χ2n) is 6.03. The van der Waals surface area contributed by atoms with Crippen molar-refractivity contribution in [3.63, 3.8) is 0 Å². The minimum atomic E-state index is 0.521. The van der Waals surface area contributed by atoms with Gasteiger partial charge in [0.15, 0.2) is 0 Å². The van der Waals surface area contributed by atoms with Crippen LogP contribution in [0.4, 0.5) is 0 Å². The molecule has 0 spiro atoms. The molecule has 0 aromatic carbocycles. The molecular weight excluding hydrogens is 198 g/mol. The summed E-state index contributed by atoms with van der Waals surface area (Å²) in [4.78, 5) is 14.2. The molecule has 2 heteroatoms. The van der Waals surface area contributed by atoms with Gasteiger partial charge in [0.25, 0.3) is 0 Å². The van der Waals surface area contributed by atoms with E-state index in [0.29, 0.717) is 17.9 Å². The highest BCUT2D eigenvalue weighted by Gasteiger charge is 2.40. The Balaban J connectivity index is 1.60. The van der Waals surface area contributed by atoms with Crippen LogP contribution in [0.2, 0.25) is 0 Å². The van der Waals surface area contributed by atoms with E-state index in [-0.39, 0.29) is 0 Å². The Kier molecular flexibility index (Phi) is 3.01. The highest BCUT2D eigenvalue weighted by Crippen LogP contribution is 2.36. The zero-order valence-electron chi connectivity index (χ0n) is 10.2. The summed E-state index contributed by atoms with van der Waals surface area (Å²) in [5.41, 5.74) is 0. The predicted molar refractivity (Wildman–Crippen MR) is 64.3 cm³/mol. The molecule has 3 aliphatic rings. The van der Waals surface area contributed by atoms with E-state index in [2.05, 4.69) is 4.90 Å². The summed E-state index contributed by atoms with van der Waals surface area (Å²) >= 11 is 0. The second kappa shape index (κ2) is 4.48. The fraction of sp³-hybridized carbons (Fsp3) is 0.929. The summed E-state index contributed by atoms with van der Waals surface area (Å²) in [6.45, 7) is 1.29. The molecule has 2 heterocycles. The van der Waals surface area contributed by atoms with Gasteiger partial charge in [0.1, 0.15) is 5.78 Å². The highest BCUT2D eigenvalue weighted by atomic mass is 16.1. The fourth-order valence-corrected chi connectivity index (χ4v) is 4.03. The number of hydrogen-bond acceptors (Lipinski definition) is 2. The average molecular weight is 221 g/mol. The van der Waals surface area contributed by atoms with Gasteiger partial charge in [0.2, 0.25) is 0 Å². The maximum absolute atomic E-state index is 11.5. The van der Waals surface area contributed by atoms with Gasteiger partial charge in [-0.05, 0) is 31.6 Å². The van der Waals surface area contributed by atoms with Crippen LogP contribution in [0.25, 0.3) is 0 Å². The van der Waals surface area contributed by atoms with E-state index in [1.54, 1.807) is 0 Å². The lowest BCUT2D eigenvalue weighted by Crippen LogP contribution is -2.45. The van der Waals surface area contributed by atoms with Gasteiger partial charge in [-0.15, -0.1) is 0 Å². The minimum absolute atomic E-state index is 0.521. The molecule has 16 heavy (non-hydrogen) atoms. The smallest absolute Gasteiger partial charge is 0.136 e. The summed E-state index contributed by atoms with van der Waals surface area (Å²) in [6, 6.07) is 1.24. The van der Waals surface area contributed by atoms with Gasteiger partial charge in [-0.2, -0.15) is 0 Å². The maximum atomic E-state index is 11.5. The summed E-state index contributed by atoms with van der Waals surface area (Å²) in [7, 11) is 0. The molecule has 2 nitrogen and oxygen atoms in total. The van der Waals surface area contributed by atoms with Crippen molar-refractivity contribution in [2.24, 2.45) is 5.92 Å². The van der Waals surface area contributed by atoms with E-state index < -0.39 is 0 Å². The maximum Gasteiger partial charge on any atom is 0.136 e. The summed E-state index contributed by atoms with van der Waals surface area (Å²) in [6.07, 6.45) is 11.5. The van der Waals surface area contributed by atoms with Gasteiger partial charge in [0, 0.05) is 31.5 Å². The van der Waals surface area contributed by atoms with Crippen LogP contribution in [0.15, 0.2) is 0 Å². The van der Waals surface area contributed by atoms with Gasteiger partial charge in [-0.1, -0.05) is 19.3 Å². The topological polar surface area (TPSA) is 20.3 Å². The van der Waals surface area contributed by atoms with Crippen LogP contribution in [-0.2, 0) is 4.79 Å². The van der Waals surface area contributed by atoms with E-state index in [4.69, 9.17) is 0 Å². The van der Waals surface area contributed by atoms with Crippen molar-refractivity contribution >= 4 is 5.78 Å². The van der Waals surface area contributed by atoms with Gasteiger partial charge >= 0.3 is 0 Å². The van der Waals surface area contributed by atoms with Gasteiger partial charge < -0.3 is 0 Å². The second-order valence-corrected chi connectivity index (χ2v) is 6.03. The molecule has 0 radical (unpaired) electrons. The number of hydrogen-bond donors (Lipinski definition) is 0. The van der Waals surface area contributed by atoms with Crippen molar-refractivity contribution < 1.29 is 4.79 Å². The molecule has 0 aromatic rings. The summed E-state index contributed by atoms with van der Waals surface area (Å²) < 4.78 is 0. The van der Waals surface area contributed by atoms with Crippen LogP contribution in [0.5, 0.6) is 0 Å². The Labute approximate surface area is 98.4 Å². The van der Waals surface area contributed by atoms with Crippen LogP contribution in [0.3, 0.4) is 0 Å². The zero-order valence-corrected chi connectivity index (χ0v) is 10.2. The predicted octanol–water partition coefficient (Wildman–Crippen LogP) is 2.76. The minimum Gasteiger partial charge on any atom is -0.300 e. The number of carbonyl (C=O) groups is 1. The van der Waals surface area contributed by atoms with Crippen molar-refractivity contribution in [2.75, 3.05) is 6.54 Å². The van der Waals surface area contributed by atoms with Crippen LogP contribution in [-0.4, -0.2) is 29.3 Å². The van der Waals surface area contributed by atoms with Gasteiger partial charge in [0.05, 0.1) is 0 Å². The molecule has 0 amide bonds. The molecule has 1 saturated carbocycles. The number of ketones is 1. The lowest BCUT2D eigenvalue weighted by Gasteiger charge is -2.37. The lowest BCUT2D eigenvalue weighted by molar-refractivity contribution is -0.123. The first-order valence-electron chi connectivity index (χ1n) is 7.10. The molecule has 2 unspecified atom stereocenters. The zero-order chi connectivity index (χ0) is 11.0. The summed E-state index contributed by atoms with van der Waals surface area (Å²) in [5, 5.41) is 0. The Hall–Kier alpha value is -0.370. The molecule has 90 valence electrons. The van der Waals surface area contributed by atoms with E-state index in [0.717, 1.165) is 18.8 Å². The molecule has 2 bridgehead atoms. The van der Waals surface area contributed by atoms with Crippen LogP contribution < -0.4 is 0 Å². The average Bonchev–Trinajstić information content (AvgIpc) is 2.54. The van der Waals surface area contributed by atoms with Crippen molar-refractivity contribution in [2.45, 2.75) is 69.9 Å². The number of nitrogens with zero attached hydrogens (tertiary/aromatic N) is 1. The SMILES string of the molecule is O=C1CC2CCC(C1)N2CC1CCCCC1. The third-order valence-electron chi connectivity index (χ3n) is 4.89. The van der Waals surface area contributed by atoms with Gasteiger partial charge in [-0.3, -0.25) is 9.69 Å². The highest BCUT2D eigenvalue weighted by molar-refractivity contribution is 5.80. The van der Waals surface area contributed by atoms with Crippen LogP contribution in [0, 0.1) is 5.92 Å². The number of piperidine rings is 1. The lowest BCUT2D eigenvalue weighted by atomic mass is 9.87. The standard InChI is InChI=1S/C14H23NO/c16-14-8-12-6-7-13(9-14)15(12)10-11-4-2-1-3-5-11/h11-13H,1-10H2. The molecule has 2 saturated heterocycles. The Morgan fingerprint density at radius 2 is 1.56 bits per heavy atom. The Morgan fingerprint density at radius 1 is 0.938 bits per heavy atom. The Bertz CT molecular complexity index is 254. The first-order chi connectivity index (χ1) is 7.83. The van der Waals surface area contributed by atoms with E-state index >= 15 is 0 Å². The molecule has 0 N–H and O–H groups in total. The van der Waals surface area contributed by atoms with Crippen molar-refractivity contribution in [1.82, 2.24) is 4.90 Å². The van der Waals surface area contributed by atoms with Crippen molar-refractivity contribution in [3.8, 4) is 0 Å². The quantitative estimate of drug-likeness (QED) is 0.714. The molecule has 2 aliphatic heterocycles. The van der Waals surface area contributed by atoms with Crippen LogP contribution in [0.1, 0.15) is 57.8 Å². The molecule has 1 aliphatic carbocycles. The van der Waals surface area contributed by atoms with Crippen molar-refractivity contribution in [1.29, 1.82) is 0 Å². The molecule has 3 fully saturated rings. The van der Waals surface area contributed by atoms with Crippen LogP contribution >= 0.6 is 0 Å². The number of Topliss-reactive ketones (excluding diaryl/α,β-unsaturated/α-hetero) is 1. The molecular formula is C14H23NO. The van der Waals surface area contributed by atoms with Crippen molar-refractivity contribution in [3.05, 3.63) is 0 Å².